The molecular weight excluding hydrogens is 302 g/mol. The number of rotatable bonds is 3. The van der Waals surface area contributed by atoms with Crippen LogP contribution in [0, 0.1) is 5.92 Å². The van der Waals surface area contributed by atoms with Gasteiger partial charge in [-0.1, -0.05) is 30.3 Å². The highest BCUT2D eigenvalue weighted by Gasteiger charge is 2.35. The van der Waals surface area contributed by atoms with E-state index in [9.17, 15) is 4.79 Å². The number of nitrogens with one attached hydrogen (secondary N) is 2. The number of nitrogens with two attached hydrogens (primary N) is 1. The summed E-state index contributed by atoms with van der Waals surface area (Å²) in [6.07, 6.45) is 2.25. The van der Waals surface area contributed by atoms with Crippen LogP contribution in [0.25, 0.3) is 11.4 Å². The van der Waals surface area contributed by atoms with E-state index in [1.54, 1.807) is 0 Å². The van der Waals surface area contributed by atoms with E-state index in [2.05, 4.69) is 15.6 Å². The van der Waals surface area contributed by atoms with Gasteiger partial charge in [-0.3, -0.25) is 4.79 Å². The van der Waals surface area contributed by atoms with Gasteiger partial charge >= 0.3 is 0 Å². The lowest BCUT2D eigenvalue weighted by Gasteiger charge is -2.27. The van der Waals surface area contributed by atoms with E-state index in [0.29, 0.717) is 23.4 Å². The summed E-state index contributed by atoms with van der Waals surface area (Å²) < 4.78 is 0. The van der Waals surface area contributed by atoms with Crippen LogP contribution in [0.5, 0.6) is 0 Å². The maximum atomic E-state index is 11.9. The summed E-state index contributed by atoms with van der Waals surface area (Å²) in [5.41, 5.74) is 8.46. The Morgan fingerprint density at radius 1 is 1.12 bits per heavy atom. The highest BCUT2D eigenvalue weighted by Crippen LogP contribution is 2.40. The number of hydrogen-bond acceptors (Lipinski definition) is 5. The molecule has 6 nitrogen and oxygen atoms in total. The maximum Gasteiger partial charge on any atom is 0.269 e. The number of carbonyl (C=O) groups excluding carboxylic acids is 1. The first kappa shape index (κ1) is 15.1. The molecule has 1 atom stereocenters. The minimum Gasteiger partial charge on any atom is -0.381 e. The third-order valence-corrected chi connectivity index (χ3v) is 5.01. The largest absolute Gasteiger partial charge is 0.381 e. The van der Waals surface area contributed by atoms with E-state index < -0.39 is 5.91 Å². The molecule has 0 bridgehead atoms. The number of piperidine rings is 1. The van der Waals surface area contributed by atoms with Crippen molar-refractivity contribution in [2.45, 2.75) is 18.8 Å². The summed E-state index contributed by atoms with van der Waals surface area (Å²) in [7, 11) is 0. The van der Waals surface area contributed by atoms with Crippen LogP contribution in [-0.4, -0.2) is 35.5 Å². The minimum absolute atomic E-state index is 0.301. The van der Waals surface area contributed by atoms with Gasteiger partial charge in [0.2, 0.25) is 0 Å². The molecule has 2 aromatic rings. The Hall–Kier alpha value is -2.47. The standard InChI is InChI=1S/C18H21N5O/c19-17(24)16-15-14(13(10-21-15)11-6-8-20-9-7-11)22-18(23-16)12-4-2-1-3-5-12/h1-5,11,13,20-21H,6-10H2,(H2,19,24). The monoisotopic (exact) mass is 323 g/mol. The van der Waals surface area contributed by atoms with Crippen LogP contribution in [0.1, 0.15) is 34.9 Å². The fourth-order valence-corrected chi connectivity index (χ4v) is 3.76. The third kappa shape index (κ3) is 2.63. The number of anilines is 1. The van der Waals surface area contributed by atoms with Crippen molar-refractivity contribution < 1.29 is 4.79 Å². The van der Waals surface area contributed by atoms with Crippen LogP contribution < -0.4 is 16.4 Å². The molecule has 3 heterocycles. The average Bonchev–Trinajstić information content (AvgIpc) is 3.06. The lowest BCUT2D eigenvalue weighted by Crippen LogP contribution is -2.31. The van der Waals surface area contributed by atoms with Gasteiger partial charge in [-0.15, -0.1) is 0 Å². The van der Waals surface area contributed by atoms with Gasteiger partial charge < -0.3 is 16.4 Å². The van der Waals surface area contributed by atoms with Crippen molar-refractivity contribution in [1.82, 2.24) is 15.3 Å². The van der Waals surface area contributed by atoms with Gasteiger partial charge in [0.05, 0.1) is 11.4 Å². The lowest BCUT2D eigenvalue weighted by molar-refractivity contribution is 0.0996. The molecule has 1 unspecified atom stereocenters. The topological polar surface area (TPSA) is 92.9 Å². The molecule has 1 aromatic heterocycles. The average molecular weight is 323 g/mol. The van der Waals surface area contributed by atoms with Crippen LogP contribution in [0.15, 0.2) is 30.3 Å². The van der Waals surface area contributed by atoms with Crippen LogP contribution in [0.2, 0.25) is 0 Å². The molecule has 1 amide bonds. The van der Waals surface area contributed by atoms with E-state index in [-0.39, 0.29) is 0 Å². The number of nitrogens with zero attached hydrogens (tertiary/aromatic N) is 2. The summed E-state index contributed by atoms with van der Waals surface area (Å²) in [5.74, 6) is 0.944. The molecular formula is C18H21N5O. The van der Waals surface area contributed by atoms with E-state index in [0.717, 1.165) is 49.4 Å². The quantitative estimate of drug-likeness (QED) is 0.800. The Labute approximate surface area is 140 Å². The van der Waals surface area contributed by atoms with Crippen molar-refractivity contribution in [1.29, 1.82) is 0 Å². The Kier molecular flexibility index (Phi) is 3.90. The Bertz CT molecular complexity index is 756. The highest BCUT2D eigenvalue weighted by molar-refractivity contribution is 5.98. The van der Waals surface area contributed by atoms with Crippen molar-refractivity contribution in [2.75, 3.05) is 25.0 Å². The molecule has 1 fully saturated rings. The van der Waals surface area contributed by atoms with Gasteiger partial charge in [-0.05, 0) is 31.8 Å². The van der Waals surface area contributed by atoms with Crippen LogP contribution in [0.4, 0.5) is 5.69 Å². The first-order valence-corrected chi connectivity index (χ1v) is 8.46. The van der Waals surface area contributed by atoms with Gasteiger partial charge in [0.1, 0.15) is 0 Å². The van der Waals surface area contributed by atoms with Crippen LogP contribution >= 0.6 is 0 Å². The summed E-state index contributed by atoms with van der Waals surface area (Å²) in [6.45, 7) is 2.87. The van der Waals surface area contributed by atoms with Gasteiger partial charge in [-0.2, -0.15) is 0 Å². The molecule has 4 rings (SSSR count). The highest BCUT2D eigenvalue weighted by atomic mass is 16.1. The zero-order valence-corrected chi connectivity index (χ0v) is 13.5. The number of carbonyl (C=O) groups is 1. The number of aromatic nitrogens is 2. The number of amides is 1. The zero-order valence-electron chi connectivity index (χ0n) is 13.5. The second kappa shape index (κ2) is 6.20. The van der Waals surface area contributed by atoms with E-state index in [1.165, 1.54) is 0 Å². The molecule has 0 saturated carbocycles. The summed E-state index contributed by atoms with van der Waals surface area (Å²) in [6, 6.07) is 9.74. The molecule has 4 N–H and O–H groups in total. The maximum absolute atomic E-state index is 11.9. The SMILES string of the molecule is NC(=O)c1nc(-c2ccccc2)nc2c1NCC2C1CCNCC1. The summed E-state index contributed by atoms with van der Waals surface area (Å²) in [5, 5.41) is 6.73. The Balaban J connectivity index is 1.79. The number of primary amides is 1. The first-order valence-electron chi connectivity index (χ1n) is 8.46. The smallest absolute Gasteiger partial charge is 0.269 e. The van der Waals surface area contributed by atoms with Gasteiger partial charge in [0, 0.05) is 18.0 Å². The molecule has 0 radical (unpaired) electrons. The van der Waals surface area contributed by atoms with Gasteiger partial charge in [0.15, 0.2) is 11.5 Å². The van der Waals surface area contributed by atoms with E-state index in [1.807, 2.05) is 30.3 Å². The van der Waals surface area contributed by atoms with Crippen molar-refractivity contribution in [2.24, 2.45) is 11.7 Å². The molecule has 6 heteroatoms. The zero-order chi connectivity index (χ0) is 16.5. The minimum atomic E-state index is -0.510. The Morgan fingerprint density at radius 2 is 1.88 bits per heavy atom. The second-order valence-electron chi connectivity index (χ2n) is 6.46. The molecule has 24 heavy (non-hydrogen) atoms. The van der Waals surface area contributed by atoms with Gasteiger partial charge in [0.25, 0.3) is 5.91 Å². The van der Waals surface area contributed by atoms with Crippen LogP contribution in [-0.2, 0) is 0 Å². The fourth-order valence-electron chi connectivity index (χ4n) is 3.76. The van der Waals surface area contributed by atoms with Crippen molar-refractivity contribution in [3.8, 4) is 11.4 Å². The second-order valence-corrected chi connectivity index (χ2v) is 6.46. The predicted octanol–water partition coefficient (Wildman–Crippen LogP) is 1.75. The molecule has 1 saturated heterocycles. The van der Waals surface area contributed by atoms with E-state index in [4.69, 9.17) is 10.7 Å². The number of hydrogen-bond donors (Lipinski definition) is 3. The Morgan fingerprint density at radius 3 is 2.58 bits per heavy atom. The lowest BCUT2D eigenvalue weighted by atomic mass is 9.83. The third-order valence-electron chi connectivity index (χ3n) is 5.01. The number of benzene rings is 1. The van der Waals surface area contributed by atoms with Crippen molar-refractivity contribution in [3.63, 3.8) is 0 Å². The number of fused-ring (bicyclic) bond motifs is 1. The molecule has 124 valence electrons. The van der Waals surface area contributed by atoms with Crippen LogP contribution in [0.3, 0.4) is 0 Å². The molecule has 1 aromatic carbocycles. The van der Waals surface area contributed by atoms with Crippen molar-refractivity contribution in [3.05, 3.63) is 41.7 Å². The molecule has 2 aliphatic heterocycles. The normalized spacial score (nSPS) is 20.4. The predicted molar refractivity (Wildman–Crippen MR) is 92.8 cm³/mol. The summed E-state index contributed by atoms with van der Waals surface area (Å²) >= 11 is 0. The van der Waals surface area contributed by atoms with E-state index >= 15 is 0 Å². The van der Waals surface area contributed by atoms with Crippen molar-refractivity contribution >= 4 is 11.6 Å². The molecule has 0 spiro atoms. The van der Waals surface area contributed by atoms with Gasteiger partial charge in [-0.25, -0.2) is 9.97 Å². The fraction of sp³-hybridized carbons (Fsp3) is 0.389. The molecule has 0 aliphatic carbocycles. The molecule has 2 aliphatic rings. The summed E-state index contributed by atoms with van der Waals surface area (Å²) in [4.78, 5) is 21.2. The first-order chi connectivity index (χ1) is 11.7.